The van der Waals surface area contributed by atoms with Crippen molar-refractivity contribution in [3.05, 3.63) is 45.4 Å². The summed E-state index contributed by atoms with van der Waals surface area (Å²) >= 11 is 7.75. The molecule has 0 saturated carbocycles. The van der Waals surface area contributed by atoms with Crippen molar-refractivity contribution in [2.24, 2.45) is 0 Å². The Hall–Kier alpha value is -1.14. The predicted octanol–water partition coefficient (Wildman–Crippen LogP) is 3.77. The van der Waals surface area contributed by atoms with Crippen LogP contribution in [0.5, 0.6) is 5.75 Å². The number of aromatic nitrogens is 1. The van der Waals surface area contributed by atoms with Gasteiger partial charge in [0.1, 0.15) is 12.4 Å². The van der Waals surface area contributed by atoms with Gasteiger partial charge in [0.05, 0.1) is 28.4 Å². The number of halogens is 1. The standard InChI is InChI=1S/C17H21ClN2O2S/c1-13-19-14(12-23-13)11-22-15-6-7-20(10-15)8-9-21-17-5-3-2-4-16(17)18/h2-5,12,15H,6-11H2,1H3. The fraction of sp³-hybridized carbons (Fsp3) is 0.471. The maximum atomic E-state index is 6.08. The van der Waals surface area contributed by atoms with E-state index in [1.54, 1.807) is 11.3 Å². The molecule has 124 valence electrons. The average Bonchev–Trinajstić information content (AvgIpc) is 3.16. The highest BCUT2D eigenvalue weighted by Crippen LogP contribution is 2.23. The van der Waals surface area contributed by atoms with Gasteiger partial charge in [0, 0.05) is 25.0 Å². The molecule has 1 fully saturated rings. The Bertz CT molecular complexity index is 635. The number of hydrogen-bond donors (Lipinski definition) is 0. The zero-order chi connectivity index (χ0) is 16.1. The number of aryl methyl sites for hydroxylation is 1. The maximum Gasteiger partial charge on any atom is 0.137 e. The number of hydrogen-bond acceptors (Lipinski definition) is 5. The second-order valence-corrected chi connectivity index (χ2v) is 7.13. The molecule has 3 rings (SSSR count). The molecule has 0 radical (unpaired) electrons. The average molecular weight is 353 g/mol. The zero-order valence-corrected chi connectivity index (χ0v) is 14.8. The number of likely N-dealkylation sites (tertiary alicyclic amines) is 1. The molecule has 1 aromatic heterocycles. The molecule has 23 heavy (non-hydrogen) atoms. The van der Waals surface area contributed by atoms with E-state index in [4.69, 9.17) is 21.1 Å². The van der Waals surface area contributed by atoms with Crippen molar-refractivity contribution < 1.29 is 9.47 Å². The first-order valence-electron chi connectivity index (χ1n) is 7.83. The lowest BCUT2D eigenvalue weighted by molar-refractivity contribution is 0.0441. The van der Waals surface area contributed by atoms with E-state index in [0.29, 0.717) is 18.2 Å². The molecule has 1 unspecified atom stereocenters. The van der Waals surface area contributed by atoms with Crippen LogP contribution in [-0.4, -0.2) is 42.2 Å². The summed E-state index contributed by atoms with van der Waals surface area (Å²) in [5, 5.41) is 3.82. The molecule has 0 bridgehead atoms. The van der Waals surface area contributed by atoms with Crippen molar-refractivity contribution in [2.45, 2.75) is 26.1 Å². The highest BCUT2D eigenvalue weighted by atomic mass is 35.5. The number of para-hydroxylation sites is 1. The first kappa shape index (κ1) is 16.7. The highest BCUT2D eigenvalue weighted by molar-refractivity contribution is 7.09. The van der Waals surface area contributed by atoms with Crippen LogP contribution in [-0.2, 0) is 11.3 Å². The quantitative estimate of drug-likeness (QED) is 0.759. The largest absolute Gasteiger partial charge is 0.491 e. The molecule has 1 atom stereocenters. The van der Waals surface area contributed by atoms with Gasteiger partial charge in [0.2, 0.25) is 0 Å². The van der Waals surface area contributed by atoms with Crippen LogP contribution in [0.25, 0.3) is 0 Å². The van der Waals surface area contributed by atoms with Gasteiger partial charge in [-0.1, -0.05) is 23.7 Å². The number of nitrogens with zero attached hydrogens (tertiary/aromatic N) is 2. The lowest BCUT2D eigenvalue weighted by Crippen LogP contribution is -2.27. The van der Waals surface area contributed by atoms with Crippen LogP contribution in [0.15, 0.2) is 29.6 Å². The molecule has 0 amide bonds. The van der Waals surface area contributed by atoms with E-state index < -0.39 is 0 Å². The Morgan fingerprint density at radius 2 is 2.26 bits per heavy atom. The SMILES string of the molecule is Cc1nc(COC2CCN(CCOc3ccccc3Cl)C2)cs1. The Labute approximate surface area is 146 Å². The molecule has 6 heteroatoms. The Morgan fingerprint density at radius 1 is 1.39 bits per heavy atom. The summed E-state index contributed by atoms with van der Waals surface area (Å²) in [6.07, 6.45) is 1.35. The van der Waals surface area contributed by atoms with E-state index in [1.165, 1.54) is 0 Å². The minimum atomic E-state index is 0.289. The van der Waals surface area contributed by atoms with E-state index in [0.717, 1.165) is 42.5 Å². The summed E-state index contributed by atoms with van der Waals surface area (Å²) in [5.74, 6) is 0.750. The molecular formula is C17H21ClN2O2S. The van der Waals surface area contributed by atoms with Gasteiger partial charge in [0.25, 0.3) is 0 Å². The number of rotatable bonds is 7. The first-order chi connectivity index (χ1) is 11.2. The summed E-state index contributed by atoms with van der Waals surface area (Å²) in [7, 11) is 0. The van der Waals surface area contributed by atoms with Crippen LogP contribution in [0, 0.1) is 6.92 Å². The molecule has 0 N–H and O–H groups in total. The summed E-state index contributed by atoms with van der Waals surface area (Å²) in [4.78, 5) is 6.80. The van der Waals surface area contributed by atoms with Crippen LogP contribution in [0.3, 0.4) is 0 Å². The Morgan fingerprint density at radius 3 is 3.04 bits per heavy atom. The van der Waals surface area contributed by atoms with Crippen LogP contribution >= 0.6 is 22.9 Å². The Balaban J connectivity index is 1.36. The Kier molecular flexibility index (Phi) is 5.89. The lowest BCUT2D eigenvalue weighted by atomic mass is 10.3. The van der Waals surface area contributed by atoms with Gasteiger partial charge in [-0.15, -0.1) is 11.3 Å². The van der Waals surface area contributed by atoms with Crippen LogP contribution in [0.4, 0.5) is 0 Å². The van der Waals surface area contributed by atoms with Crippen molar-refractivity contribution in [3.63, 3.8) is 0 Å². The normalized spacial score (nSPS) is 18.4. The lowest BCUT2D eigenvalue weighted by Gasteiger charge is -2.16. The van der Waals surface area contributed by atoms with Gasteiger partial charge < -0.3 is 9.47 Å². The van der Waals surface area contributed by atoms with E-state index in [-0.39, 0.29) is 6.10 Å². The van der Waals surface area contributed by atoms with Crippen molar-refractivity contribution >= 4 is 22.9 Å². The molecule has 1 aromatic carbocycles. The smallest absolute Gasteiger partial charge is 0.137 e. The number of benzene rings is 1. The summed E-state index contributed by atoms with van der Waals surface area (Å²) in [6, 6.07) is 7.58. The van der Waals surface area contributed by atoms with Crippen molar-refractivity contribution in [1.82, 2.24) is 9.88 Å². The maximum absolute atomic E-state index is 6.08. The summed E-state index contributed by atoms with van der Waals surface area (Å²) < 4.78 is 11.7. The fourth-order valence-electron chi connectivity index (χ4n) is 2.66. The minimum absolute atomic E-state index is 0.289. The van der Waals surface area contributed by atoms with E-state index in [2.05, 4.69) is 15.3 Å². The molecule has 1 aliphatic rings. The third kappa shape index (κ3) is 4.91. The first-order valence-corrected chi connectivity index (χ1v) is 9.09. The highest BCUT2D eigenvalue weighted by Gasteiger charge is 2.23. The molecule has 2 aromatic rings. The third-order valence-corrected chi connectivity index (χ3v) is 5.00. The molecule has 2 heterocycles. The molecule has 0 spiro atoms. The molecule has 1 saturated heterocycles. The van der Waals surface area contributed by atoms with Gasteiger partial charge in [0.15, 0.2) is 0 Å². The minimum Gasteiger partial charge on any atom is -0.491 e. The second kappa shape index (κ2) is 8.11. The number of ether oxygens (including phenoxy) is 2. The summed E-state index contributed by atoms with van der Waals surface area (Å²) in [5.41, 5.74) is 1.04. The monoisotopic (exact) mass is 352 g/mol. The van der Waals surface area contributed by atoms with Gasteiger partial charge in [-0.25, -0.2) is 4.98 Å². The molecule has 1 aliphatic heterocycles. The van der Waals surface area contributed by atoms with Crippen molar-refractivity contribution in [2.75, 3.05) is 26.2 Å². The topological polar surface area (TPSA) is 34.6 Å². The summed E-state index contributed by atoms with van der Waals surface area (Å²) in [6.45, 7) is 6.16. The predicted molar refractivity (Wildman–Crippen MR) is 93.4 cm³/mol. The molecule has 0 aliphatic carbocycles. The second-order valence-electron chi connectivity index (χ2n) is 5.66. The van der Waals surface area contributed by atoms with Gasteiger partial charge in [-0.3, -0.25) is 4.90 Å². The van der Waals surface area contributed by atoms with Crippen LogP contribution < -0.4 is 4.74 Å². The third-order valence-electron chi connectivity index (χ3n) is 3.86. The van der Waals surface area contributed by atoms with Gasteiger partial charge in [-0.2, -0.15) is 0 Å². The van der Waals surface area contributed by atoms with Crippen LogP contribution in [0.1, 0.15) is 17.1 Å². The van der Waals surface area contributed by atoms with Crippen LogP contribution in [0.2, 0.25) is 5.02 Å². The van der Waals surface area contributed by atoms with E-state index in [9.17, 15) is 0 Å². The number of thiazole rings is 1. The van der Waals surface area contributed by atoms with Gasteiger partial charge >= 0.3 is 0 Å². The molecular weight excluding hydrogens is 332 g/mol. The fourth-order valence-corrected chi connectivity index (χ4v) is 3.45. The molecule has 4 nitrogen and oxygen atoms in total. The van der Waals surface area contributed by atoms with Crippen molar-refractivity contribution in [3.8, 4) is 5.75 Å². The zero-order valence-electron chi connectivity index (χ0n) is 13.2. The van der Waals surface area contributed by atoms with E-state index in [1.807, 2.05) is 31.2 Å². The van der Waals surface area contributed by atoms with Gasteiger partial charge in [-0.05, 0) is 25.5 Å². The van der Waals surface area contributed by atoms with Crippen molar-refractivity contribution in [1.29, 1.82) is 0 Å². The van der Waals surface area contributed by atoms with E-state index >= 15 is 0 Å².